The summed E-state index contributed by atoms with van der Waals surface area (Å²) < 4.78 is 10.7. The van der Waals surface area contributed by atoms with E-state index in [1.54, 1.807) is 18.2 Å². The lowest BCUT2D eigenvalue weighted by Crippen LogP contribution is -2.36. The van der Waals surface area contributed by atoms with Gasteiger partial charge in [0.2, 0.25) is 5.82 Å². The maximum atomic E-state index is 11.7. The van der Waals surface area contributed by atoms with Crippen molar-refractivity contribution in [3.63, 3.8) is 0 Å². The summed E-state index contributed by atoms with van der Waals surface area (Å²) in [5.41, 5.74) is 3.97. The third kappa shape index (κ3) is 4.40. The molecule has 2 heterocycles. The number of nitrogens with zero attached hydrogens (tertiary/aromatic N) is 4. The van der Waals surface area contributed by atoms with Crippen LogP contribution in [0.2, 0.25) is 0 Å². The van der Waals surface area contributed by atoms with Crippen LogP contribution in [-0.2, 0) is 6.42 Å². The van der Waals surface area contributed by atoms with Gasteiger partial charge in [0.1, 0.15) is 11.8 Å². The van der Waals surface area contributed by atoms with Crippen LogP contribution in [0, 0.1) is 16.7 Å². The second kappa shape index (κ2) is 8.58. The summed E-state index contributed by atoms with van der Waals surface area (Å²) in [5, 5.41) is 23.1. The van der Waals surface area contributed by atoms with Crippen LogP contribution in [0.25, 0.3) is 22.8 Å². The predicted octanol–water partition coefficient (Wildman–Crippen LogP) is 4.95. The number of aromatic nitrogens is 2. The van der Waals surface area contributed by atoms with E-state index >= 15 is 0 Å². The molecule has 1 atom stereocenters. The van der Waals surface area contributed by atoms with Crippen molar-refractivity contribution in [3.05, 3.63) is 53.1 Å². The van der Waals surface area contributed by atoms with E-state index in [2.05, 4.69) is 43.0 Å². The molecular weight excluding hydrogens is 420 g/mol. The van der Waals surface area contributed by atoms with Crippen molar-refractivity contribution in [1.29, 1.82) is 5.26 Å². The van der Waals surface area contributed by atoms with Gasteiger partial charge in [0.05, 0.1) is 12.7 Å². The highest BCUT2D eigenvalue weighted by molar-refractivity contribution is 5.66. The number of methoxy groups -OCH3 is 1. The number of ether oxygens (including phenoxy) is 1. The van der Waals surface area contributed by atoms with Crippen molar-refractivity contribution >= 4 is 6.09 Å². The lowest BCUT2D eigenvalue weighted by Gasteiger charge is -2.33. The number of hydrogen-bond acceptors (Lipinski definition) is 6. The Balaban J connectivity index is 1.69. The van der Waals surface area contributed by atoms with Gasteiger partial charge < -0.3 is 19.3 Å². The third-order valence-corrected chi connectivity index (χ3v) is 6.14. The zero-order valence-electron chi connectivity index (χ0n) is 19.1. The fourth-order valence-corrected chi connectivity index (χ4v) is 4.27. The van der Waals surface area contributed by atoms with Crippen LogP contribution >= 0.6 is 0 Å². The fourth-order valence-electron chi connectivity index (χ4n) is 4.27. The standard InChI is InChI=1S/C25H26N4O4/c1-25(2,3)20-14-29(24(30)31)10-9-15-11-16(5-7-19(15)20)22-27-23(33-28-22)17-6-8-21(32-4)18(12-17)13-26/h5-8,11-12,20H,9-10,14H2,1-4H3,(H,30,31). The number of amides is 1. The first kappa shape index (κ1) is 22.3. The Morgan fingerprint density at radius 3 is 2.67 bits per heavy atom. The second-order valence-electron chi connectivity index (χ2n) is 9.26. The molecule has 2 aromatic carbocycles. The molecule has 0 saturated heterocycles. The van der Waals surface area contributed by atoms with Crippen molar-refractivity contribution in [2.24, 2.45) is 5.41 Å². The Labute approximate surface area is 192 Å². The van der Waals surface area contributed by atoms with Gasteiger partial charge in [-0.1, -0.05) is 38.1 Å². The van der Waals surface area contributed by atoms with Crippen molar-refractivity contribution in [2.45, 2.75) is 33.1 Å². The Kier molecular flexibility index (Phi) is 5.81. The molecule has 1 aromatic heterocycles. The molecule has 1 aliphatic rings. The quantitative estimate of drug-likeness (QED) is 0.606. The first-order valence-corrected chi connectivity index (χ1v) is 10.7. The van der Waals surface area contributed by atoms with Gasteiger partial charge in [0.15, 0.2) is 0 Å². The van der Waals surface area contributed by atoms with Crippen LogP contribution in [0.4, 0.5) is 4.79 Å². The molecule has 0 bridgehead atoms. The van der Waals surface area contributed by atoms with E-state index in [0.29, 0.717) is 48.1 Å². The number of benzene rings is 2. The highest BCUT2D eigenvalue weighted by Crippen LogP contribution is 2.40. The molecule has 0 spiro atoms. The van der Waals surface area contributed by atoms with E-state index in [1.165, 1.54) is 12.0 Å². The van der Waals surface area contributed by atoms with Gasteiger partial charge in [-0.25, -0.2) is 4.79 Å². The minimum Gasteiger partial charge on any atom is -0.495 e. The van der Waals surface area contributed by atoms with E-state index in [1.807, 2.05) is 12.1 Å². The molecule has 170 valence electrons. The number of fused-ring (bicyclic) bond motifs is 1. The Hall–Kier alpha value is -3.86. The maximum Gasteiger partial charge on any atom is 0.407 e. The van der Waals surface area contributed by atoms with E-state index in [4.69, 9.17) is 9.26 Å². The summed E-state index contributed by atoms with van der Waals surface area (Å²) in [4.78, 5) is 17.7. The van der Waals surface area contributed by atoms with Crippen molar-refractivity contribution in [2.75, 3.05) is 20.2 Å². The summed E-state index contributed by atoms with van der Waals surface area (Å²) in [7, 11) is 1.51. The van der Waals surface area contributed by atoms with Gasteiger partial charge in [-0.05, 0) is 47.2 Å². The largest absolute Gasteiger partial charge is 0.495 e. The molecule has 3 aromatic rings. The Morgan fingerprint density at radius 2 is 2.00 bits per heavy atom. The average Bonchev–Trinajstić information content (AvgIpc) is 3.19. The van der Waals surface area contributed by atoms with Gasteiger partial charge >= 0.3 is 6.09 Å². The zero-order chi connectivity index (χ0) is 23.8. The molecule has 0 fully saturated rings. The van der Waals surface area contributed by atoms with Crippen molar-refractivity contribution < 1.29 is 19.2 Å². The van der Waals surface area contributed by atoms with Gasteiger partial charge in [-0.2, -0.15) is 10.2 Å². The first-order chi connectivity index (χ1) is 15.7. The molecule has 1 amide bonds. The lowest BCUT2D eigenvalue weighted by molar-refractivity contribution is 0.135. The van der Waals surface area contributed by atoms with Gasteiger partial charge in [-0.15, -0.1) is 0 Å². The molecule has 1 N–H and O–H groups in total. The lowest BCUT2D eigenvalue weighted by atomic mass is 9.75. The second-order valence-corrected chi connectivity index (χ2v) is 9.26. The average molecular weight is 447 g/mol. The summed E-state index contributed by atoms with van der Waals surface area (Å²) in [5.74, 6) is 1.30. The van der Waals surface area contributed by atoms with Gasteiger partial charge in [0, 0.05) is 30.1 Å². The van der Waals surface area contributed by atoms with Gasteiger partial charge in [0.25, 0.3) is 5.89 Å². The Bertz CT molecular complexity index is 1240. The van der Waals surface area contributed by atoms with Gasteiger partial charge in [-0.3, -0.25) is 0 Å². The normalized spacial score (nSPS) is 16.0. The molecule has 0 saturated carbocycles. The topological polar surface area (TPSA) is 112 Å². The third-order valence-electron chi connectivity index (χ3n) is 6.14. The molecule has 1 aliphatic heterocycles. The van der Waals surface area contributed by atoms with E-state index in [9.17, 15) is 15.2 Å². The summed E-state index contributed by atoms with van der Waals surface area (Å²) in [6.45, 7) is 7.32. The highest BCUT2D eigenvalue weighted by Gasteiger charge is 2.33. The highest BCUT2D eigenvalue weighted by atomic mass is 16.5. The monoisotopic (exact) mass is 446 g/mol. The smallest absolute Gasteiger partial charge is 0.407 e. The SMILES string of the molecule is COc1ccc(-c2nc(-c3ccc4c(c3)CCN(C(=O)O)CC4C(C)(C)C)no2)cc1C#N. The number of carboxylic acid groups (broad SMARTS) is 1. The van der Waals surface area contributed by atoms with Crippen molar-refractivity contribution in [1.82, 2.24) is 15.0 Å². The number of hydrogen-bond donors (Lipinski definition) is 1. The molecule has 4 rings (SSSR count). The molecule has 0 aliphatic carbocycles. The fraction of sp³-hybridized carbons (Fsp3) is 0.360. The molecule has 8 heteroatoms. The van der Waals surface area contributed by atoms with E-state index < -0.39 is 6.09 Å². The predicted molar refractivity (Wildman–Crippen MR) is 122 cm³/mol. The summed E-state index contributed by atoms with van der Waals surface area (Å²) in [6, 6.07) is 13.3. The van der Waals surface area contributed by atoms with Crippen LogP contribution in [-0.4, -0.2) is 46.4 Å². The van der Waals surface area contributed by atoms with E-state index in [0.717, 1.165) is 16.7 Å². The molecule has 33 heavy (non-hydrogen) atoms. The van der Waals surface area contributed by atoms with E-state index in [-0.39, 0.29) is 11.3 Å². The minimum absolute atomic E-state index is 0.0738. The van der Waals surface area contributed by atoms with Crippen LogP contribution in [0.5, 0.6) is 5.75 Å². The van der Waals surface area contributed by atoms with Crippen LogP contribution in [0.15, 0.2) is 40.9 Å². The van der Waals surface area contributed by atoms with Crippen LogP contribution in [0.1, 0.15) is 43.4 Å². The maximum absolute atomic E-state index is 11.7. The first-order valence-electron chi connectivity index (χ1n) is 10.7. The molecule has 8 nitrogen and oxygen atoms in total. The molecule has 1 unspecified atom stereocenters. The Morgan fingerprint density at radius 1 is 1.24 bits per heavy atom. The summed E-state index contributed by atoms with van der Waals surface area (Å²) in [6.07, 6.45) is -0.271. The number of carbonyl (C=O) groups is 1. The van der Waals surface area contributed by atoms with Crippen LogP contribution in [0.3, 0.4) is 0 Å². The zero-order valence-corrected chi connectivity index (χ0v) is 19.1. The minimum atomic E-state index is -0.892. The summed E-state index contributed by atoms with van der Waals surface area (Å²) >= 11 is 0. The van der Waals surface area contributed by atoms with Crippen LogP contribution < -0.4 is 4.74 Å². The molecule has 0 radical (unpaired) electrons. The number of nitriles is 1. The van der Waals surface area contributed by atoms with Crippen molar-refractivity contribution in [3.8, 4) is 34.7 Å². The molecular formula is C25H26N4O4. The number of rotatable bonds is 3.